The maximum atomic E-state index is 13.8. The fraction of sp³-hybridized carbons (Fsp3) is 0.250. The first kappa shape index (κ1) is 13.4. The molecule has 2 nitrogen and oxygen atoms in total. The van der Waals surface area contributed by atoms with Crippen molar-refractivity contribution >= 4 is 5.78 Å². The van der Waals surface area contributed by atoms with Crippen molar-refractivity contribution in [1.82, 2.24) is 4.98 Å². The third-order valence-corrected chi connectivity index (χ3v) is 2.99. The van der Waals surface area contributed by atoms with Crippen molar-refractivity contribution in [3.63, 3.8) is 0 Å². The Morgan fingerprint density at radius 1 is 1.21 bits per heavy atom. The van der Waals surface area contributed by atoms with Gasteiger partial charge in [0.05, 0.1) is 5.69 Å². The van der Waals surface area contributed by atoms with Crippen molar-refractivity contribution < 1.29 is 9.18 Å². The molecule has 1 aromatic heterocycles. The number of hydrogen-bond donors (Lipinski definition) is 0. The van der Waals surface area contributed by atoms with E-state index in [1.54, 1.807) is 30.3 Å². The Morgan fingerprint density at radius 2 is 1.89 bits per heavy atom. The van der Waals surface area contributed by atoms with Gasteiger partial charge in [-0.25, -0.2) is 4.39 Å². The van der Waals surface area contributed by atoms with Crippen molar-refractivity contribution in [1.29, 1.82) is 0 Å². The Kier molecular flexibility index (Phi) is 3.74. The Bertz CT molecular complexity index is 620. The fourth-order valence-electron chi connectivity index (χ4n) is 1.86. The summed E-state index contributed by atoms with van der Waals surface area (Å²) in [6, 6.07) is 9.88. The Balaban J connectivity index is 2.63. The van der Waals surface area contributed by atoms with Crippen LogP contribution >= 0.6 is 0 Å². The molecule has 0 aliphatic carbocycles. The molecule has 98 valence electrons. The van der Waals surface area contributed by atoms with Gasteiger partial charge in [-0.15, -0.1) is 0 Å². The van der Waals surface area contributed by atoms with E-state index in [1.807, 2.05) is 13.8 Å². The molecule has 0 spiro atoms. The minimum Gasteiger partial charge on any atom is -0.295 e. The first-order valence-corrected chi connectivity index (χ1v) is 6.27. The number of halogens is 1. The summed E-state index contributed by atoms with van der Waals surface area (Å²) in [5, 5.41) is 0. The van der Waals surface area contributed by atoms with Crippen LogP contribution in [0.2, 0.25) is 0 Å². The zero-order chi connectivity index (χ0) is 14.0. The molecule has 0 bridgehead atoms. The molecule has 1 heterocycles. The minimum atomic E-state index is -0.328. The lowest BCUT2D eigenvalue weighted by atomic mass is 10.0. The maximum absolute atomic E-state index is 13.8. The molecule has 0 unspecified atom stereocenters. The van der Waals surface area contributed by atoms with Gasteiger partial charge < -0.3 is 0 Å². The summed E-state index contributed by atoms with van der Waals surface area (Å²) in [5.74, 6) is -0.183. The Hall–Kier alpha value is -2.03. The molecule has 3 heteroatoms. The van der Waals surface area contributed by atoms with E-state index in [-0.39, 0.29) is 17.5 Å². The van der Waals surface area contributed by atoms with Crippen LogP contribution in [0.15, 0.2) is 36.4 Å². The second kappa shape index (κ2) is 5.31. The Labute approximate surface area is 112 Å². The van der Waals surface area contributed by atoms with E-state index in [2.05, 4.69) is 4.98 Å². The highest BCUT2D eigenvalue weighted by Crippen LogP contribution is 2.24. The predicted octanol–water partition coefficient (Wildman–Crippen LogP) is 4.21. The number of pyridine rings is 1. The summed E-state index contributed by atoms with van der Waals surface area (Å²) in [5.41, 5.74) is 2.30. The molecule has 0 aliphatic heterocycles. The van der Waals surface area contributed by atoms with Crippen LogP contribution in [-0.2, 0) is 0 Å². The van der Waals surface area contributed by atoms with Crippen molar-refractivity contribution in [2.45, 2.75) is 26.7 Å². The number of benzene rings is 1. The van der Waals surface area contributed by atoms with Gasteiger partial charge >= 0.3 is 0 Å². The Morgan fingerprint density at radius 3 is 2.47 bits per heavy atom. The van der Waals surface area contributed by atoms with Crippen LogP contribution < -0.4 is 0 Å². The summed E-state index contributed by atoms with van der Waals surface area (Å²) in [6.45, 7) is 5.50. The van der Waals surface area contributed by atoms with Crippen molar-refractivity contribution in [2.24, 2.45) is 0 Å². The molecule has 0 amide bonds. The molecule has 0 fully saturated rings. The zero-order valence-electron chi connectivity index (χ0n) is 11.3. The quantitative estimate of drug-likeness (QED) is 0.771. The molecule has 0 saturated carbocycles. The lowest BCUT2D eigenvalue weighted by Gasteiger charge is -2.10. The number of nitrogens with zero attached hydrogens (tertiary/aromatic N) is 1. The third kappa shape index (κ3) is 2.87. The van der Waals surface area contributed by atoms with Crippen molar-refractivity contribution in [3.8, 4) is 11.3 Å². The van der Waals surface area contributed by atoms with Crippen LogP contribution in [0.25, 0.3) is 11.3 Å². The first-order chi connectivity index (χ1) is 8.99. The number of aromatic nitrogens is 1. The van der Waals surface area contributed by atoms with E-state index in [0.29, 0.717) is 16.8 Å². The lowest BCUT2D eigenvalue weighted by molar-refractivity contribution is 0.101. The number of hydrogen-bond acceptors (Lipinski definition) is 2. The van der Waals surface area contributed by atoms with E-state index >= 15 is 0 Å². The van der Waals surface area contributed by atoms with Gasteiger partial charge in [0, 0.05) is 16.8 Å². The van der Waals surface area contributed by atoms with Gasteiger partial charge in [0.2, 0.25) is 0 Å². The normalized spacial score (nSPS) is 10.8. The monoisotopic (exact) mass is 257 g/mol. The topological polar surface area (TPSA) is 30.0 Å². The summed E-state index contributed by atoms with van der Waals surface area (Å²) in [6.07, 6.45) is 0. The molecule has 1 aromatic carbocycles. The zero-order valence-corrected chi connectivity index (χ0v) is 11.3. The summed E-state index contributed by atoms with van der Waals surface area (Å²) >= 11 is 0. The van der Waals surface area contributed by atoms with Crippen molar-refractivity contribution in [3.05, 3.63) is 53.5 Å². The number of carbonyl (C=O) groups is 1. The van der Waals surface area contributed by atoms with Gasteiger partial charge in [0.15, 0.2) is 5.78 Å². The summed E-state index contributed by atoms with van der Waals surface area (Å²) in [4.78, 5) is 16.0. The standard InChI is InChI=1S/C16H16FNO/c1-10(2)15-8-12(11(3)19)9-16(18-15)13-6-4-5-7-14(13)17/h4-10H,1-3H3. The second-order valence-electron chi connectivity index (χ2n) is 4.86. The van der Waals surface area contributed by atoms with E-state index < -0.39 is 0 Å². The highest BCUT2D eigenvalue weighted by molar-refractivity contribution is 5.95. The van der Waals surface area contributed by atoms with Gasteiger partial charge in [0.25, 0.3) is 0 Å². The van der Waals surface area contributed by atoms with Crippen LogP contribution in [-0.4, -0.2) is 10.8 Å². The van der Waals surface area contributed by atoms with E-state index in [4.69, 9.17) is 0 Å². The van der Waals surface area contributed by atoms with Crippen LogP contribution in [0.3, 0.4) is 0 Å². The van der Waals surface area contributed by atoms with Gasteiger partial charge in [-0.1, -0.05) is 26.0 Å². The molecular formula is C16H16FNO. The average Bonchev–Trinajstić information content (AvgIpc) is 2.38. The average molecular weight is 257 g/mol. The fourth-order valence-corrected chi connectivity index (χ4v) is 1.86. The van der Waals surface area contributed by atoms with E-state index in [0.717, 1.165) is 5.69 Å². The predicted molar refractivity (Wildman–Crippen MR) is 73.7 cm³/mol. The van der Waals surface area contributed by atoms with Gasteiger partial charge in [-0.2, -0.15) is 0 Å². The molecule has 19 heavy (non-hydrogen) atoms. The molecule has 0 radical (unpaired) electrons. The number of rotatable bonds is 3. The van der Waals surface area contributed by atoms with Crippen LogP contribution in [0.4, 0.5) is 4.39 Å². The highest BCUT2D eigenvalue weighted by Gasteiger charge is 2.12. The van der Waals surface area contributed by atoms with Gasteiger partial charge in [-0.3, -0.25) is 9.78 Å². The third-order valence-electron chi connectivity index (χ3n) is 2.99. The largest absolute Gasteiger partial charge is 0.295 e. The molecule has 2 aromatic rings. The molecular weight excluding hydrogens is 241 g/mol. The summed E-state index contributed by atoms with van der Waals surface area (Å²) in [7, 11) is 0. The smallest absolute Gasteiger partial charge is 0.159 e. The molecule has 0 aliphatic rings. The van der Waals surface area contributed by atoms with Gasteiger partial charge in [0.1, 0.15) is 5.82 Å². The van der Waals surface area contributed by atoms with Crippen molar-refractivity contribution in [2.75, 3.05) is 0 Å². The number of carbonyl (C=O) groups excluding carboxylic acids is 1. The lowest BCUT2D eigenvalue weighted by Crippen LogP contribution is -2.01. The molecule has 0 atom stereocenters. The van der Waals surface area contributed by atoms with Gasteiger partial charge in [-0.05, 0) is 37.1 Å². The molecule has 0 N–H and O–H groups in total. The highest BCUT2D eigenvalue weighted by atomic mass is 19.1. The first-order valence-electron chi connectivity index (χ1n) is 6.27. The van der Waals surface area contributed by atoms with Crippen LogP contribution in [0, 0.1) is 5.82 Å². The maximum Gasteiger partial charge on any atom is 0.159 e. The second-order valence-corrected chi connectivity index (χ2v) is 4.86. The minimum absolute atomic E-state index is 0.0399. The van der Waals surface area contributed by atoms with E-state index in [1.165, 1.54) is 13.0 Å². The van der Waals surface area contributed by atoms with Crippen LogP contribution in [0.5, 0.6) is 0 Å². The summed E-state index contributed by atoms with van der Waals surface area (Å²) < 4.78 is 13.8. The number of Topliss-reactive ketones (excluding diaryl/α,β-unsaturated/α-hetero) is 1. The molecule has 0 saturated heterocycles. The molecule has 2 rings (SSSR count). The number of ketones is 1. The SMILES string of the molecule is CC(=O)c1cc(-c2ccccc2F)nc(C(C)C)c1. The van der Waals surface area contributed by atoms with Crippen LogP contribution in [0.1, 0.15) is 42.7 Å². The van der Waals surface area contributed by atoms with E-state index in [9.17, 15) is 9.18 Å².